The van der Waals surface area contributed by atoms with Crippen LogP contribution in [0.15, 0.2) is 75.7 Å². The van der Waals surface area contributed by atoms with E-state index < -0.39 is 0 Å². The molecule has 0 amide bonds. The van der Waals surface area contributed by atoms with Crippen LogP contribution in [-0.2, 0) is 4.74 Å². The first-order chi connectivity index (χ1) is 15.5. The maximum atomic E-state index is 8.85. The van der Waals surface area contributed by atoms with Crippen LogP contribution in [-0.4, -0.2) is 12.8 Å². The monoisotopic (exact) mass is 452 g/mol. The largest absolute Gasteiger partial charge is 0.501 e. The van der Waals surface area contributed by atoms with Crippen molar-refractivity contribution in [2.75, 3.05) is 7.11 Å². The third-order valence-corrected chi connectivity index (χ3v) is 4.82. The van der Waals surface area contributed by atoms with E-state index in [0.29, 0.717) is 0 Å². The van der Waals surface area contributed by atoms with Crippen LogP contribution in [0.3, 0.4) is 0 Å². The molecule has 0 bridgehead atoms. The number of ether oxygens (including phenoxy) is 1. The van der Waals surface area contributed by atoms with E-state index in [9.17, 15) is 0 Å². The molecule has 3 nitrogen and oxygen atoms in total. The van der Waals surface area contributed by atoms with Crippen molar-refractivity contribution >= 4 is 5.71 Å². The summed E-state index contributed by atoms with van der Waals surface area (Å²) in [6.45, 7) is 21.1. The Morgan fingerprint density at radius 3 is 2.06 bits per heavy atom. The highest BCUT2D eigenvalue weighted by Gasteiger charge is 2.23. The van der Waals surface area contributed by atoms with Gasteiger partial charge in [-0.1, -0.05) is 77.8 Å². The molecule has 0 fully saturated rings. The molecule has 0 aliphatic rings. The number of methoxy groups -OCH3 is 1. The first kappa shape index (κ1) is 32.6. The van der Waals surface area contributed by atoms with Crippen LogP contribution in [0.4, 0.5) is 0 Å². The summed E-state index contributed by atoms with van der Waals surface area (Å²) in [5.41, 5.74) is 5.43. The minimum Gasteiger partial charge on any atom is -0.501 e. The fourth-order valence-corrected chi connectivity index (χ4v) is 3.19. The summed E-state index contributed by atoms with van der Waals surface area (Å²) >= 11 is 0. The molecule has 0 rings (SSSR count). The van der Waals surface area contributed by atoms with Gasteiger partial charge in [0.1, 0.15) is 5.76 Å². The lowest BCUT2D eigenvalue weighted by Gasteiger charge is -2.26. The minimum atomic E-state index is 0.0646. The average Bonchev–Trinajstić information content (AvgIpc) is 2.76. The lowest BCUT2D eigenvalue weighted by atomic mass is 9.80. The summed E-state index contributed by atoms with van der Waals surface area (Å²) in [4.78, 5) is 4.52. The average molecular weight is 453 g/mol. The molecule has 0 aromatic carbocycles. The van der Waals surface area contributed by atoms with Crippen molar-refractivity contribution in [3.8, 4) is 6.07 Å². The van der Waals surface area contributed by atoms with Crippen molar-refractivity contribution in [3.63, 3.8) is 0 Å². The van der Waals surface area contributed by atoms with Gasteiger partial charge in [-0.05, 0) is 70.1 Å². The van der Waals surface area contributed by atoms with Crippen molar-refractivity contribution in [3.05, 3.63) is 70.7 Å². The summed E-state index contributed by atoms with van der Waals surface area (Å²) in [7, 11) is 1.71. The second-order valence-electron chi connectivity index (χ2n) is 8.91. The third kappa shape index (κ3) is 15.0. The van der Waals surface area contributed by atoms with Crippen LogP contribution in [0.5, 0.6) is 0 Å². The Bertz CT molecular complexity index is 816. The van der Waals surface area contributed by atoms with Gasteiger partial charge in [-0.2, -0.15) is 5.26 Å². The lowest BCUT2D eigenvalue weighted by molar-refractivity contribution is 0.290. The second kappa shape index (κ2) is 18.9. The van der Waals surface area contributed by atoms with E-state index in [4.69, 9.17) is 10.00 Å². The standard InChI is InChI=1S/C17H29NO.C13H19N/c1-9-11-12-18-13(3)16(14(4)19-8)15(10-2)17(5,6)7;1-4-6-7-9-13(11-14)10-12(3)8-5-2/h10-12H,9H2,1-8H3;6-7,9-10H,4-5,8H2,1-3H3/b12-11+,15-10+,16-14-,18-13+;7-6+,12-10+,13-9+. The van der Waals surface area contributed by atoms with Crippen LogP contribution in [0.2, 0.25) is 0 Å². The molecule has 0 radical (unpaired) electrons. The van der Waals surface area contributed by atoms with E-state index in [0.717, 1.165) is 48.3 Å². The minimum absolute atomic E-state index is 0.0646. The fraction of sp³-hybridized carbons (Fsp3) is 0.533. The summed E-state index contributed by atoms with van der Waals surface area (Å²) in [5.74, 6) is 0.911. The van der Waals surface area contributed by atoms with Gasteiger partial charge in [0.15, 0.2) is 0 Å². The maximum absolute atomic E-state index is 8.85. The van der Waals surface area contributed by atoms with Crippen molar-refractivity contribution in [1.82, 2.24) is 0 Å². The maximum Gasteiger partial charge on any atom is 0.102 e. The normalized spacial score (nSPS) is 14.7. The van der Waals surface area contributed by atoms with Crippen molar-refractivity contribution in [1.29, 1.82) is 5.26 Å². The molecule has 3 heteroatoms. The molecule has 0 saturated carbocycles. The number of rotatable bonds is 10. The zero-order valence-electron chi connectivity index (χ0n) is 23.2. The van der Waals surface area contributed by atoms with E-state index in [1.165, 1.54) is 11.1 Å². The molecule has 0 aromatic heterocycles. The molecule has 0 spiro atoms. The van der Waals surface area contributed by atoms with Crippen LogP contribution in [0.25, 0.3) is 0 Å². The van der Waals surface area contributed by atoms with Gasteiger partial charge in [0.05, 0.1) is 18.8 Å². The lowest BCUT2D eigenvalue weighted by Crippen LogP contribution is -2.17. The number of allylic oxidation sites excluding steroid dienone is 11. The smallest absolute Gasteiger partial charge is 0.102 e. The zero-order valence-corrected chi connectivity index (χ0v) is 23.2. The fourth-order valence-electron chi connectivity index (χ4n) is 3.19. The highest BCUT2D eigenvalue weighted by atomic mass is 16.5. The van der Waals surface area contributed by atoms with Gasteiger partial charge in [-0.3, -0.25) is 4.99 Å². The van der Waals surface area contributed by atoms with E-state index in [-0.39, 0.29) is 5.41 Å². The number of nitrogens with zero attached hydrogens (tertiary/aromatic N) is 2. The van der Waals surface area contributed by atoms with Crippen molar-refractivity contribution in [2.24, 2.45) is 10.4 Å². The Labute approximate surface area is 205 Å². The van der Waals surface area contributed by atoms with Crippen LogP contribution < -0.4 is 0 Å². The molecule has 0 heterocycles. The molecule has 0 aliphatic carbocycles. The first-order valence-electron chi connectivity index (χ1n) is 12.1. The van der Waals surface area contributed by atoms with Gasteiger partial charge >= 0.3 is 0 Å². The van der Waals surface area contributed by atoms with E-state index in [1.54, 1.807) is 7.11 Å². The topological polar surface area (TPSA) is 45.4 Å². The van der Waals surface area contributed by atoms with Gasteiger partial charge in [-0.15, -0.1) is 0 Å². The molecular weight excluding hydrogens is 404 g/mol. The van der Waals surface area contributed by atoms with Crippen molar-refractivity contribution in [2.45, 2.75) is 94.9 Å². The van der Waals surface area contributed by atoms with Crippen molar-refractivity contribution < 1.29 is 4.74 Å². The number of hydrogen-bond acceptors (Lipinski definition) is 3. The summed E-state index contributed by atoms with van der Waals surface area (Å²) in [5, 5.41) is 8.85. The SMILES string of the molecule is CC/C=C/C=C(C#N)\C=C(/C)CCC.C\C=C(C(/C(C)=N/C=C/CC)=C(/C)OC)\C(C)(C)C. The summed E-state index contributed by atoms with van der Waals surface area (Å²) < 4.78 is 5.45. The summed E-state index contributed by atoms with van der Waals surface area (Å²) in [6.07, 6.45) is 18.1. The number of nitriles is 1. The third-order valence-electron chi connectivity index (χ3n) is 4.82. The van der Waals surface area contributed by atoms with Crippen LogP contribution >= 0.6 is 0 Å². The number of hydrogen-bond donors (Lipinski definition) is 0. The van der Waals surface area contributed by atoms with Gasteiger partial charge in [0.2, 0.25) is 0 Å². The van der Waals surface area contributed by atoms with Crippen LogP contribution in [0, 0.1) is 16.7 Å². The molecule has 0 aliphatic heterocycles. The second-order valence-corrected chi connectivity index (χ2v) is 8.91. The predicted octanol–water partition coefficient (Wildman–Crippen LogP) is 9.43. The quantitative estimate of drug-likeness (QED) is 0.143. The molecule has 184 valence electrons. The Morgan fingerprint density at radius 1 is 1.03 bits per heavy atom. The Morgan fingerprint density at radius 2 is 1.64 bits per heavy atom. The molecule has 0 saturated heterocycles. The Hall–Kier alpha value is -2.60. The molecule has 0 unspecified atom stereocenters. The van der Waals surface area contributed by atoms with Crippen LogP contribution in [0.1, 0.15) is 94.9 Å². The first-order valence-corrected chi connectivity index (χ1v) is 12.1. The molecule has 33 heavy (non-hydrogen) atoms. The molecule has 0 aromatic rings. The Kier molecular flexibility index (Phi) is 18.7. The molecule has 0 atom stereocenters. The van der Waals surface area contributed by atoms with Gasteiger partial charge in [0.25, 0.3) is 0 Å². The van der Waals surface area contributed by atoms with E-state index in [2.05, 4.69) is 78.6 Å². The number of aliphatic imine (C=N–C) groups is 1. The van der Waals surface area contributed by atoms with E-state index >= 15 is 0 Å². The highest BCUT2D eigenvalue weighted by molar-refractivity contribution is 6.03. The predicted molar refractivity (Wildman–Crippen MR) is 147 cm³/mol. The van der Waals surface area contributed by atoms with Gasteiger partial charge in [-0.25, -0.2) is 0 Å². The highest BCUT2D eigenvalue weighted by Crippen LogP contribution is 2.33. The molecular formula is C30H48N2O. The van der Waals surface area contributed by atoms with Gasteiger partial charge in [0, 0.05) is 17.5 Å². The summed E-state index contributed by atoms with van der Waals surface area (Å²) in [6, 6.07) is 2.18. The Balaban J connectivity index is 0. The van der Waals surface area contributed by atoms with E-state index in [1.807, 2.05) is 44.4 Å². The zero-order chi connectivity index (χ0) is 25.9. The molecule has 0 N–H and O–H groups in total. The van der Waals surface area contributed by atoms with Gasteiger partial charge < -0.3 is 4.74 Å².